The average Bonchev–Trinajstić information content (AvgIpc) is 2.30. The maximum Gasteiger partial charge on any atom is 0.0562 e. The molecule has 0 amide bonds. The minimum atomic E-state index is 0.735. The van der Waals surface area contributed by atoms with Crippen molar-refractivity contribution in [1.82, 2.24) is 0 Å². The Bertz CT molecular complexity index is 328. The van der Waals surface area contributed by atoms with Crippen molar-refractivity contribution in [2.45, 2.75) is 50.3 Å². The molecule has 0 aliphatic heterocycles. The second kappa shape index (κ2) is 8.71. The van der Waals surface area contributed by atoms with Gasteiger partial charge in [0, 0.05) is 10.6 Å². The number of unbranched alkanes of at least 4 members (excludes halogenated alkanes) is 5. The third-order valence-electron chi connectivity index (χ3n) is 2.71. The van der Waals surface area contributed by atoms with Crippen molar-refractivity contribution >= 4 is 29.1 Å². The first-order valence-corrected chi connectivity index (χ1v) is 7.78. The average molecular weight is 272 g/mol. The van der Waals surface area contributed by atoms with Crippen LogP contribution in [0.25, 0.3) is 0 Å². The topological polar surface area (TPSA) is 26.0 Å². The standard InChI is InChI=1S/C14H22ClNS/c1-2-3-4-5-6-7-10-17-14-9-8-12(16)11-13(14)15/h8-9,11H,2-7,10,16H2,1H3. The Morgan fingerprint density at radius 1 is 1.12 bits per heavy atom. The molecule has 0 heterocycles. The first-order valence-electron chi connectivity index (χ1n) is 6.42. The molecule has 0 unspecified atom stereocenters. The molecule has 96 valence electrons. The molecule has 1 nitrogen and oxygen atoms in total. The number of halogens is 1. The van der Waals surface area contributed by atoms with Crippen LogP contribution in [0.5, 0.6) is 0 Å². The van der Waals surface area contributed by atoms with E-state index < -0.39 is 0 Å². The number of nitrogen functional groups attached to an aromatic ring is 1. The van der Waals surface area contributed by atoms with E-state index in [-0.39, 0.29) is 0 Å². The van der Waals surface area contributed by atoms with Gasteiger partial charge in [-0.3, -0.25) is 0 Å². The Morgan fingerprint density at radius 3 is 2.53 bits per heavy atom. The van der Waals surface area contributed by atoms with Crippen molar-refractivity contribution in [1.29, 1.82) is 0 Å². The highest BCUT2D eigenvalue weighted by molar-refractivity contribution is 7.99. The summed E-state index contributed by atoms with van der Waals surface area (Å²) >= 11 is 7.94. The molecule has 0 aromatic heterocycles. The molecule has 3 heteroatoms. The molecule has 0 aliphatic rings. The predicted molar refractivity (Wildman–Crippen MR) is 80.0 cm³/mol. The number of benzene rings is 1. The molecule has 17 heavy (non-hydrogen) atoms. The molecule has 0 atom stereocenters. The highest BCUT2D eigenvalue weighted by Crippen LogP contribution is 2.29. The summed E-state index contributed by atoms with van der Waals surface area (Å²) in [6.07, 6.45) is 8.04. The first kappa shape index (κ1) is 14.7. The fourth-order valence-corrected chi connectivity index (χ4v) is 2.98. The van der Waals surface area contributed by atoms with Gasteiger partial charge in [0.25, 0.3) is 0 Å². The molecule has 1 aromatic rings. The van der Waals surface area contributed by atoms with Crippen LogP contribution in [0.1, 0.15) is 45.4 Å². The molecular weight excluding hydrogens is 250 g/mol. The molecule has 0 saturated carbocycles. The molecule has 0 saturated heterocycles. The highest BCUT2D eigenvalue weighted by Gasteiger charge is 2.01. The zero-order chi connectivity index (χ0) is 12.5. The third kappa shape index (κ3) is 6.23. The lowest BCUT2D eigenvalue weighted by Gasteiger charge is -2.05. The minimum Gasteiger partial charge on any atom is -0.399 e. The summed E-state index contributed by atoms with van der Waals surface area (Å²) < 4.78 is 0. The van der Waals surface area contributed by atoms with Crippen molar-refractivity contribution in [2.75, 3.05) is 11.5 Å². The molecule has 1 rings (SSSR count). The van der Waals surface area contributed by atoms with Crippen LogP contribution < -0.4 is 5.73 Å². The second-order valence-corrected chi connectivity index (χ2v) is 5.85. The summed E-state index contributed by atoms with van der Waals surface area (Å²) in [5.41, 5.74) is 6.39. The van der Waals surface area contributed by atoms with Crippen LogP contribution in [0.15, 0.2) is 23.1 Å². The largest absolute Gasteiger partial charge is 0.399 e. The lowest BCUT2D eigenvalue weighted by molar-refractivity contribution is 0.627. The lowest BCUT2D eigenvalue weighted by Crippen LogP contribution is -1.86. The summed E-state index contributed by atoms with van der Waals surface area (Å²) in [5.74, 6) is 1.15. The van der Waals surface area contributed by atoms with Gasteiger partial charge >= 0.3 is 0 Å². The maximum atomic E-state index is 6.11. The van der Waals surface area contributed by atoms with Gasteiger partial charge in [0.15, 0.2) is 0 Å². The lowest BCUT2D eigenvalue weighted by atomic mass is 10.1. The van der Waals surface area contributed by atoms with E-state index in [2.05, 4.69) is 6.92 Å². The van der Waals surface area contributed by atoms with Crippen LogP contribution in [-0.2, 0) is 0 Å². The van der Waals surface area contributed by atoms with Crippen LogP contribution >= 0.6 is 23.4 Å². The van der Waals surface area contributed by atoms with Gasteiger partial charge in [-0.15, -0.1) is 11.8 Å². The summed E-state index contributed by atoms with van der Waals surface area (Å²) in [6, 6.07) is 5.75. The Kier molecular flexibility index (Phi) is 7.54. The first-order chi connectivity index (χ1) is 8.24. The smallest absolute Gasteiger partial charge is 0.0562 e. The van der Waals surface area contributed by atoms with Gasteiger partial charge in [-0.05, 0) is 30.4 Å². The molecule has 0 fully saturated rings. The third-order valence-corrected chi connectivity index (χ3v) is 4.30. The molecule has 1 aromatic carbocycles. The number of hydrogen-bond acceptors (Lipinski definition) is 2. The van der Waals surface area contributed by atoms with E-state index in [1.807, 2.05) is 30.0 Å². The zero-order valence-electron chi connectivity index (χ0n) is 10.5. The van der Waals surface area contributed by atoms with Crippen molar-refractivity contribution in [2.24, 2.45) is 0 Å². The van der Waals surface area contributed by atoms with Crippen molar-refractivity contribution < 1.29 is 0 Å². The van der Waals surface area contributed by atoms with Gasteiger partial charge in [0.2, 0.25) is 0 Å². The number of thioether (sulfide) groups is 1. The fourth-order valence-electron chi connectivity index (χ4n) is 1.70. The van der Waals surface area contributed by atoms with Crippen LogP contribution in [-0.4, -0.2) is 5.75 Å². The second-order valence-electron chi connectivity index (χ2n) is 4.31. The molecule has 0 bridgehead atoms. The van der Waals surface area contributed by atoms with E-state index in [1.54, 1.807) is 0 Å². The maximum absolute atomic E-state index is 6.11. The van der Waals surface area contributed by atoms with Crippen LogP contribution in [0.3, 0.4) is 0 Å². The van der Waals surface area contributed by atoms with Gasteiger partial charge in [0.05, 0.1) is 5.02 Å². The Morgan fingerprint density at radius 2 is 1.82 bits per heavy atom. The predicted octanol–water partition coefficient (Wildman–Crippen LogP) is 5.37. The number of anilines is 1. The molecule has 0 spiro atoms. The van der Waals surface area contributed by atoms with Crippen LogP contribution in [0.2, 0.25) is 5.02 Å². The number of nitrogens with two attached hydrogens (primary N) is 1. The summed E-state index contributed by atoms with van der Waals surface area (Å²) in [6.45, 7) is 2.25. The van der Waals surface area contributed by atoms with E-state index in [0.717, 1.165) is 21.4 Å². The Hall–Kier alpha value is -0.340. The van der Waals surface area contributed by atoms with Gasteiger partial charge in [-0.25, -0.2) is 0 Å². The monoisotopic (exact) mass is 271 g/mol. The van der Waals surface area contributed by atoms with Gasteiger partial charge in [-0.1, -0.05) is 50.6 Å². The van der Waals surface area contributed by atoms with E-state index in [1.165, 1.54) is 38.5 Å². The SMILES string of the molecule is CCCCCCCCSc1ccc(N)cc1Cl. The van der Waals surface area contributed by atoms with E-state index in [9.17, 15) is 0 Å². The normalized spacial score (nSPS) is 10.7. The van der Waals surface area contributed by atoms with Crippen molar-refractivity contribution in [3.05, 3.63) is 23.2 Å². The Labute approximate surface area is 114 Å². The van der Waals surface area contributed by atoms with Gasteiger partial charge in [0.1, 0.15) is 0 Å². The summed E-state index contributed by atoms with van der Waals surface area (Å²) in [4.78, 5) is 1.15. The molecule has 2 N–H and O–H groups in total. The van der Waals surface area contributed by atoms with Crippen molar-refractivity contribution in [3.8, 4) is 0 Å². The highest BCUT2D eigenvalue weighted by atomic mass is 35.5. The number of hydrogen-bond donors (Lipinski definition) is 1. The molecule has 0 aliphatic carbocycles. The zero-order valence-corrected chi connectivity index (χ0v) is 12.1. The van der Waals surface area contributed by atoms with Crippen LogP contribution in [0, 0.1) is 0 Å². The quantitative estimate of drug-likeness (QED) is 0.390. The molecule has 0 radical (unpaired) electrons. The van der Waals surface area contributed by atoms with E-state index in [4.69, 9.17) is 17.3 Å². The molecular formula is C14H22ClNS. The van der Waals surface area contributed by atoms with E-state index >= 15 is 0 Å². The van der Waals surface area contributed by atoms with Gasteiger partial charge < -0.3 is 5.73 Å². The van der Waals surface area contributed by atoms with Gasteiger partial charge in [-0.2, -0.15) is 0 Å². The summed E-state index contributed by atoms with van der Waals surface area (Å²) in [7, 11) is 0. The van der Waals surface area contributed by atoms with Crippen LogP contribution in [0.4, 0.5) is 5.69 Å². The summed E-state index contributed by atoms with van der Waals surface area (Å²) in [5, 5.41) is 0.779. The minimum absolute atomic E-state index is 0.735. The fraction of sp³-hybridized carbons (Fsp3) is 0.571. The van der Waals surface area contributed by atoms with E-state index in [0.29, 0.717) is 0 Å². The van der Waals surface area contributed by atoms with Crippen molar-refractivity contribution in [3.63, 3.8) is 0 Å². The number of rotatable bonds is 8. The Balaban J connectivity index is 2.14.